The molecule has 7 nitrogen and oxygen atoms in total. The molecule has 0 radical (unpaired) electrons. The molecule has 1 aliphatic rings. The smallest absolute Gasteiger partial charge is 0.259 e. The lowest BCUT2D eigenvalue weighted by Crippen LogP contribution is -2.49. The summed E-state index contributed by atoms with van der Waals surface area (Å²) >= 11 is 0. The average Bonchev–Trinajstić information content (AvgIpc) is 3.37. The van der Waals surface area contributed by atoms with Crippen LogP contribution < -0.4 is 5.73 Å². The summed E-state index contributed by atoms with van der Waals surface area (Å²) in [4.78, 5) is 20.1. The van der Waals surface area contributed by atoms with Gasteiger partial charge in [-0.05, 0) is 43.4 Å². The third-order valence-electron chi connectivity index (χ3n) is 5.52. The van der Waals surface area contributed by atoms with E-state index in [-0.39, 0.29) is 24.4 Å². The number of aryl methyl sites for hydroxylation is 1. The molecule has 3 aromatic heterocycles. The Hall–Kier alpha value is -2.38. The van der Waals surface area contributed by atoms with Crippen LogP contribution in [0.25, 0.3) is 22.6 Å². The summed E-state index contributed by atoms with van der Waals surface area (Å²) in [5.74, 6) is 1.12. The van der Waals surface area contributed by atoms with Crippen LogP contribution in [0.15, 0.2) is 33.4 Å². The number of likely N-dealkylation sites (tertiary alicyclic amines) is 1. The van der Waals surface area contributed by atoms with E-state index in [1.54, 1.807) is 18.4 Å². The van der Waals surface area contributed by atoms with Crippen LogP contribution in [0.5, 0.6) is 0 Å². The summed E-state index contributed by atoms with van der Waals surface area (Å²) < 4.78 is 11.0. The summed E-state index contributed by atoms with van der Waals surface area (Å²) in [6, 6.07) is 5.45. The quantitative estimate of drug-likeness (QED) is 0.670. The van der Waals surface area contributed by atoms with Crippen molar-refractivity contribution in [2.75, 3.05) is 13.1 Å². The summed E-state index contributed by atoms with van der Waals surface area (Å²) in [5.41, 5.74) is 8.27. The molecule has 156 valence electrons. The maximum absolute atomic E-state index is 13.6. The summed E-state index contributed by atoms with van der Waals surface area (Å²) in [6.45, 7) is 5.45. The number of amides is 1. The lowest BCUT2D eigenvalue weighted by atomic mass is 9.91. The molecular weight excluding hydrogens is 392 g/mol. The van der Waals surface area contributed by atoms with Crippen molar-refractivity contribution >= 4 is 29.4 Å². The molecular formula is C21H27ClN4O3. The highest BCUT2D eigenvalue weighted by atomic mass is 35.5. The van der Waals surface area contributed by atoms with Crippen molar-refractivity contribution in [1.82, 2.24) is 15.0 Å². The molecule has 1 fully saturated rings. The number of rotatable bonds is 5. The molecule has 4 heterocycles. The maximum Gasteiger partial charge on any atom is 0.259 e. The average molecular weight is 419 g/mol. The van der Waals surface area contributed by atoms with Gasteiger partial charge in [0.05, 0.1) is 22.9 Å². The predicted octanol–water partition coefficient (Wildman–Crippen LogP) is 4.06. The molecule has 1 aliphatic heterocycles. The van der Waals surface area contributed by atoms with Crippen LogP contribution in [0.3, 0.4) is 0 Å². The molecule has 2 N–H and O–H groups in total. The Kier molecular flexibility index (Phi) is 6.59. The van der Waals surface area contributed by atoms with Gasteiger partial charge in [0.2, 0.25) is 0 Å². The van der Waals surface area contributed by atoms with E-state index in [4.69, 9.17) is 14.7 Å². The molecule has 0 aromatic carbocycles. The van der Waals surface area contributed by atoms with E-state index in [1.807, 2.05) is 11.0 Å². The predicted molar refractivity (Wildman–Crippen MR) is 113 cm³/mol. The largest absolute Gasteiger partial charge is 0.463 e. The Morgan fingerprint density at radius 1 is 1.41 bits per heavy atom. The molecule has 0 spiro atoms. The SMILES string of the molecule is CCCc1noc2nc(-c3ccco3)cc(C(=O)N3CCC(C)CC3CN)c12.Cl. The molecule has 4 rings (SSSR count). The van der Waals surface area contributed by atoms with Crippen LogP contribution in [0.2, 0.25) is 0 Å². The minimum absolute atomic E-state index is 0. The third kappa shape index (κ3) is 4.02. The number of hydrogen-bond acceptors (Lipinski definition) is 6. The Labute approximate surface area is 176 Å². The second-order valence-electron chi connectivity index (χ2n) is 7.61. The van der Waals surface area contributed by atoms with Gasteiger partial charge in [-0.1, -0.05) is 25.4 Å². The lowest BCUT2D eigenvalue weighted by molar-refractivity contribution is 0.0575. The van der Waals surface area contributed by atoms with E-state index in [0.717, 1.165) is 31.4 Å². The zero-order chi connectivity index (χ0) is 19.7. The second kappa shape index (κ2) is 8.97. The van der Waals surface area contributed by atoms with Gasteiger partial charge in [0.1, 0.15) is 5.69 Å². The Morgan fingerprint density at radius 3 is 2.93 bits per heavy atom. The first-order valence-electron chi connectivity index (χ1n) is 9.96. The number of furan rings is 1. The number of halogens is 1. The van der Waals surface area contributed by atoms with Crippen molar-refractivity contribution in [3.8, 4) is 11.5 Å². The maximum atomic E-state index is 13.6. The van der Waals surface area contributed by atoms with Crippen LogP contribution in [-0.4, -0.2) is 40.1 Å². The fourth-order valence-corrected chi connectivity index (χ4v) is 4.03. The van der Waals surface area contributed by atoms with E-state index in [1.165, 1.54) is 0 Å². The first-order chi connectivity index (χ1) is 13.6. The minimum Gasteiger partial charge on any atom is -0.463 e. The molecule has 2 atom stereocenters. The van der Waals surface area contributed by atoms with Gasteiger partial charge in [-0.15, -0.1) is 12.4 Å². The van der Waals surface area contributed by atoms with Gasteiger partial charge < -0.3 is 19.6 Å². The normalized spacial score (nSPS) is 19.3. The van der Waals surface area contributed by atoms with Crippen molar-refractivity contribution in [2.24, 2.45) is 11.7 Å². The van der Waals surface area contributed by atoms with Gasteiger partial charge in [0.15, 0.2) is 5.76 Å². The molecule has 8 heteroatoms. The van der Waals surface area contributed by atoms with Gasteiger partial charge in [-0.2, -0.15) is 0 Å². The number of hydrogen-bond donors (Lipinski definition) is 1. The van der Waals surface area contributed by atoms with Gasteiger partial charge >= 0.3 is 0 Å². The van der Waals surface area contributed by atoms with Crippen LogP contribution in [0.4, 0.5) is 0 Å². The van der Waals surface area contributed by atoms with Crippen molar-refractivity contribution in [3.63, 3.8) is 0 Å². The summed E-state index contributed by atoms with van der Waals surface area (Å²) in [5, 5.41) is 4.89. The molecule has 3 aromatic rings. The highest BCUT2D eigenvalue weighted by Crippen LogP contribution is 2.31. The van der Waals surface area contributed by atoms with E-state index in [0.29, 0.717) is 47.1 Å². The number of piperidine rings is 1. The van der Waals surface area contributed by atoms with Gasteiger partial charge in [0, 0.05) is 19.1 Å². The first kappa shape index (κ1) is 21.3. The fraction of sp³-hybridized carbons (Fsp3) is 0.476. The van der Waals surface area contributed by atoms with E-state index >= 15 is 0 Å². The molecule has 0 aliphatic carbocycles. The number of pyridine rings is 1. The van der Waals surface area contributed by atoms with Crippen LogP contribution in [0, 0.1) is 5.92 Å². The Balaban J connectivity index is 0.00000240. The third-order valence-corrected chi connectivity index (χ3v) is 5.52. The second-order valence-corrected chi connectivity index (χ2v) is 7.61. The number of carbonyl (C=O) groups is 1. The van der Waals surface area contributed by atoms with Gasteiger partial charge in [-0.3, -0.25) is 4.79 Å². The molecule has 0 bridgehead atoms. The number of fused-ring (bicyclic) bond motifs is 1. The highest BCUT2D eigenvalue weighted by Gasteiger charge is 2.32. The Bertz CT molecular complexity index is 970. The number of aromatic nitrogens is 2. The first-order valence-corrected chi connectivity index (χ1v) is 9.96. The monoisotopic (exact) mass is 418 g/mol. The number of nitrogens with zero attached hydrogens (tertiary/aromatic N) is 3. The van der Waals surface area contributed by atoms with Crippen molar-refractivity contribution in [2.45, 2.75) is 45.6 Å². The van der Waals surface area contributed by atoms with Gasteiger partial charge in [-0.25, -0.2) is 4.98 Å². The van der Waals surface area contributed by atoms with E-state index < -0.39 is 0 Å². The molecule has 2 unspecified atom stereocenters. The van der Waals surface area contributed by atoms with E-state index in [2.05, 4.69) is 24.0 Å². The topological polar surface area (TPSA) is 98.4 Å². The Morgan fingerprint density at radius 2 is 2.24 bits per heavy atom. The molecule has 1 amide bonds. The minimum atomic E-state index is -0.0388. The number of nitrogens with two attached hydrogens (primary N) is 1. The standard InChI is InChI=1S/C21H26N4O3.ClH/c1-3-5-16-19-15(21(26)25-8-7-13(2)10-14(25)12-22)11-17(18-6-4-9-27-18)23-20(19)28-24-16;/h4,6,9,11,13-14H,3,5,7-8,10,12,22H2,1-2H3;1H. The fourth-order valence-electron chi connectivity index (χ4n) is 4.03. The molecule has 29 heavy (non-hydrogen) atoms. The van der Waals surface area contributed by atoms with Crippen molar-refractivity contribution < 1.29 is 13.7 Å². The van der Waals surface area contributed by atoms with Crippen molar-refractivity contribution in [3.05, 3.63) is 35.7 Å². The zero-order valence-corrected chi connectivity index (χ0v) is 17.6. The highest BCUT2D eigenvalue weighted by molar-refractivity contribution is 6.07. The number of carbonyl (C=O) groups excluding carboxylic acids is 1. The van der Waals surface area contributed by atoms with Crippen LogP contribution >= 0.6 is 12.4 Å². The zero-order valence-electron chi connectivity index (χ0n) is 16.8. The van der Waals surface area contributed by atoms with Crippen molar-refractivity contribution in [1.29, 1.82) is 0 Å². The summed E-state index contributed by atoms with van der Waals surface area (Å²) in [6.07, 6.45) is 5.12. The van der Waals surface area contributed by atoms with Gasteiger partial charge in [0.25, 0.3) is 11.6 Å². The lowest BCUT2D eigenvalue weighted by Gasteiger charge is -2.38. The van der Waals surface area contributed by atoms with Crippen LogP contribution in [-0.2, 0) is 6.42 Å². The van der Waals surface area contributed by atoms with E-state index in [9.17, 15) is 4.79 Å². The van der Waals surface area contributed by atoms with Crippen LogP contribution in [0.1, 0.15) is 49.2 Å². The summed E-state index contributed by atoms with van der Waals surface area (Å²) in [7, 11) is 0. The molecule has 0 saturated carbocycles. The molecule has 1 saturated heterocycles.